The van der Waals surface area contributed by atoms with E-state index < -0.39 is 8.07 Å². The predicted octanol–water partition coefficient (Wildman–Crippen LogP) is 4.06. The maximum absolute atomic E-state index is 10.8. The lowest BCUT2D eigenvalue weighted by atomic mass is 10.2. The van der Waals surface area contributed by atoms with E-state index in [9.17, 15) is 9.90 Å². The first kappa shape index (κ1) is 17.0. The van der Waals surface area contributed by atoms with Crippen molar-refractivity contribution >= 4 is 14.0 Å². The van der Waals surface area contributed by atoms with Crippen LogP contribution in [0.5, 0.6) is 0 Å². The molecular formula is C14H26O3Si. The van der Waals surface area contributed by atoms with Crippen LogP contribution < -0.4 is 0 Å². The van der Waals surface area contributed by atoms with Gasteiger partial charge >= 0.3 is 5.97 Å². The van der Waals surface area contributed by atoms with Crippen LogP contribution in [-0.4, -0.2) is 26.3 Å². The molecule has 0 spiro atoms. The molecule has 0 aromatic rings. The third-order valence-electron chi connectivity index (χ3n) is 2.37. The number of carbonyl (C=O) groups is 1. The number of rotatable bonds is 8. The van der Waals surface area contributed by atoms with Gasteiger partial charge in [0.2, 0.25) is 0 Å². The van der Waals surface area contributed by atoms with E-state index in [-0.39, 0.29) is 5.97 Å². The maximum Gasteiger partial charge on any atom is 0.305 e. The first-order valence-electron chi connectivity index (χ1n) is 6.46. The zero-order chi connectivity index (χ0) is 14.0. The number of unbranched alkanes of at least 4 members (excludes halogenated alkanes) is 2. The molecule has 0 bridgehead atoms. The molecule has 0 aliphatic heterocycles. The second-order valence-electron chi connectivity index (χ2n) is 5.65. The van der Waals surface area contributed by atoms with Gasteiger partial charge in [-0.25, -0.2) is 0 Å². The van der Waals surface area contributed by atoms with Gasteiger partial charge in [0.1, 0.15) is 0 Å². The number of ether oxygens (including phenoxy) is 1. The van der Waals surface area contributed by atoms with Gasteiger partial charge in [0.05, 0.1) is 20.9 Å². The van der Waals surface area contributed by atoms with Crippen molar-refractivity contribution in [1.29, 1.82) is 0 Å². The Bertz CT molecular complexity index is 301. The Balaban J connectivity index is 3.71. The fraction of sp³-hybridized carbons (Fsp3) is 0.643. The molecule has 0 aliphatic rings. The molecule has 3 nitrogen and oxygen atoms in total. The molecule has 0 heterocycles. The fourth-order valence-electron chi connectivity index (χ4n) is 1.51. The quantitative estimate of drug-likeness (QED) is 0.238. The molecule has 104 valence electrons. The topological polar surface area (TPSA) is 46.5 Å². The zero-order valence-corrected chi connectivity index (χ0v) is 13.0. The summed E-state index contributed by atoms with van der Waals surface area (Å²) in [4.78, 5) is 10.8. The van der Waals surface area contributed by atoms with Crippen molar-refractivity contribution in [3.8, 4) is 0 Å². The number of aliphatic hydroxyl groups is 1. The predicted molar refractivity (Wildman–Crippen MR) is 78.5 cm³/mol. The number of hydrogen-bond donors (Lipinski definition) is 1. The molecule has 18 heavy (non-hydrogen) atoms. The largest absolute Gasteiger partial charge is 0.513 e. The van der Waals surface area contributed by atoms with E-state index in [1.54, 1.807) is 6.08 Å². The molecule has 4 heteroatoms. The summed E-state index contributed by atoms with van der Waals surface area (Å²) in [6, 6.07) is 0.819. The van der Waals surface area contributed by atoms with Gasteiger partial charge in [0.25, 0.3) is 0 Å². The first-order chi connectivity index (χ1) is 8.35. The van der Waals surface area contributed by atoms with E-state index in [0.717, 1.165) is 25.3 Å². The van der Waals surface area contributed by atoms with E-state index in [2.05, 4.69) is 24.4 Å². The monoisotopic (exact) mass is 270 g/mol. The van der Waals surface area contributed by atoms with Gasteiger partial charge in [-0.15, -0.1) is 0 Å². The van der Waals surface area contributed by atoms with E-state index in [1.165, 1.54) is 7.11 Å². The lowest BCUT2D eigenvalue weighted by molar-refractivity contribution is -0.140. The Morgan fingerprint density at radius 2 is 1.94 bits per heavy atom. The molecule has 1 N–H and O–H groups in total. The maximum atomic E-state index is 10.8. The summed E-state index contributed by atoms with van der Waals surface area (Å²) in [7, 11) is 0.189. The van der Waals surface area contributed by atoms with Crippen LogP contribution in [0, 0.1) is 0 Å². The van der Waals surface area contributed by atoms with Gasteiger partial charge in [0, 0.05) is 6.42 Å². The molecule has 0 rings (SSSR count). The minimum atomic E-state index is -1.22. The summed E-state index contributed by atoms with van der Waals surface area (Å²) in [5.74, 6) is 0.326. The van der Waals surface area contributed by atoms with Gasteiger partial charge in [-0.2, -0.15) is 0 Å². The minimum Gasteiger partial charge on any atom is -0.513 e. The number of allylic oxidation sites excluding steroid dienone is 4. The van der Waals surface area contributed by atoms with Gasteiger partial charge in [-0.3, -0.25) is 4.79 Å². The first-order valence-corrected chi connectivity index (χ1v) is 10.2. The second kappa shape index (κ2) is 8.97. The Kier molecular flexibility index (Phi) is 8.46. The average Bonchev–Trinajstić information content (AvgIpc) is 2.25. The van der Waals surface area contributed by atoms with Crippen molar-refractivity contribution in [2.75, 3.05) is 7.11 Å². The molecule has 0 fully saturated rings. The van der Waals surface area contributed by atoms with Crippen LogP contribution in [0.1, 0.15) is 25.7 Å². The second-order valence-corrected chi connectivity index (χ2v) is 11.1. The van der Waals surface area contributed by atoms with Crippen LogP contribution >= 0.6 is 0 Å². The highest BCUT2D eigenvalue weighted by atomic mass is 28.3. The van der Waals surface area contributed by atoms with E-state index in [0.29, 0.717) is 12.2 Å². The number of esters is 1. The third-order valence-corrected chi connectivity index (χ3v) is 3.79. The summed E-state index contributed by atoms with van der Waals surface area (Å²) in [5, 5.41) is 9.68. The molecule has 0 aromatic heterocycles. The SMILES string of the molecule is COC(=O)CCCC/C=C/C=C(/O)C[Si](C)(C)C. The lowest BCUT2D eigenvalue weighted by Crippen LogP contribution is -2.19. The normalized spacial score (nSPS) is 13.0. The van der Waals surface area contributed by atoms with Crippen molar-refractivity contribution in [1.82, 2.24) is 0 Å². The van der Waals surface area contributed by atoms with Crippen molar-refractivity contribution in [2.24, 2.45) is 0 Å². The Morgan fingerprint density at radius 1 is 1.28 bits per heavy atom. The fourth-order valence-corrected chi connectivity index (χ4v) is 2.72. The molecule has 0 radical (unpaired) electrons. The summed E-state index contributed by atoms with van der Waals surface area (Å²) in [6.07, 6.45) is 8.93. The summed E-state index contributed by atoms with van der Waals surface area (Å²) in [5.41, 5.74) is 0. The van der Waals surface area contributed by atoms with Crippen LogP contribution in [0.2, 0.25) is 25.7 Å². The molecule has 0 aliphatic carbocycles. The Hall–Kier alpha value is -1.03. The molecule has 0 aromatic carbocycles. The molecule has 0 amide bonds. The Morgan fingerprint density at radius 3 is 2.50 bits per heavy atom. The number of hydrogen-bond acceptors (Lipinski definition) is 3. The smallest absolute Gasteiger partial charge is 0.305 e. The van der Waals surface area contributed by atoms with Crippen LogP contribution in [0.15, 0.2) is 24.0 Å². The lowest BCUT2D eigenvalue weighted by Gasteiger charge is -2.13. The van der Waals surface area contributed by atoms with E-state index in [4.69, 9.17) is 0 Å². The Labute approximate surface area is 112 Å². The van der Waals surface area contributed by atoms with Crippen molar-refractivity contribution < 1.29 is 14.6 Å². The zero-order valence-electron chi connectivity index (χ0n) is 12.0. The molecule has 0 saturated carbocycles. The number of carbonyl (C=O) groups excluding carboxylic acids is 1. The highest BCUT2D eigenvalue weighted by molar-refractivity contribution is 6.76. The van der Waals surface area contributed by atoms with Crippen LogP contribution in [0.4, 0.5) is 0 Å². The van der Waals surface area contributed by atoms with Crippen molar-refractivity contribution in [2.45, 2.75) is 51.4 Å². The van der Waals surface area contributed by atoms with Gasteiger partial charge < -0.3 is 9.84 Å². The molecule has 0 saturated heterocycles. The summed E-state index contributed by atoms with van der Waals surface area (Å²) in [6.45, 7) is 6.69. The van der Waals surface area contributed by atoms with Crippen molar-refractivity contribution in [3.05, 3.63) is 24.0 Å². The van der Waals surface area contributed by atoms with E-state index >= 15 is 0 Å². The standard InChI is InChI=1S/C14H26O3Si/c1-17-14(16)11-9-7-5-6-8-10-13(15)12-18(2,3)4/h6,8,10,15H,5,7,9,11-12H2,1-4H3/b8-6+,13-10+. The van der Waals surface area contributed by atoms with Crippen molar-refractivity contribution in [3.63, 3.8) is 0 Å². The number of methoxy groups -OCH3 is 1. The summed E-state index contributed by atoms with van der Waals surface area (Å²) < 4.78 is 4.56. The van der Waals surface area contributed by atoms with Gasteiger partial charge in [-0.1, -0.05) is 31.8 Å². The minimum absolute atomic E-state index is 0.147. The molecule has 0 unspecified atom stereocenters. The third kappa shape index (κ3) is 11.5. The molecular weight excluding hydrogens is 244 g/mol. The van der Waals surface area contributed by atoms with Crippen LogP contribution in [-0.2, 0) is 9.53 Å². The van der Waals surface area contributed by atoms with Crippen LogP contribution in [0.25, 0.3) is 0 Å². The van der Waals surface area contributed by atoms with Gasteiger partial charge in [-0.05, 0) is 31.4 Å². The highest BCUT2D eigenvalue weighted by Gasteiger charge is 2.14. The molecule has 0 atom stereocenters. The van der Waals surface area contributed by atoms with Crippen LogP contribution in [0.3, 0.4) is 0 Å². The van der Waals surface area contributed by atoms with E-state index in [1.807, 2.05) is 12.2 Å². The average molecular weight is 270 g/mol. The van der Waals surface area contributed by atoms with Gasteiger partial charge in [0.15, 0.2) is 0 Å². The number of aliphatic hydroxyl groups excluding tert-OH is 1. The summed E-state index contributed by atoms with van der Waals surface area (Å²) >= 11 is 0. The highest BCUT2D eigenvalue weighted by Crippen LogP contribution is 2.13.